The van der Waals surface area contributed by atoms with Crippen LogP contribution in [-0.2, 0) is 0 Å². The fourth-order valence-corrected chi connectivity index (χ4v) is 5.48. The Morgan fingerprint density at radius 1 is 0.905 bits per heavy atom. The molecule has 212 valence electrons. The topological polar surface area (TPSA) is 87.9 Å². The van der Waals surface area contributed by atoms with Gasteiger partial charge in [0.05, 0.1) is 17.9 Å². The van der Waals surface area contributed by atoms with Crippen molar-refractivity contribution >= 4 is 39.9 Å². The van der Waals surface area contributed by atoms with E-state index in [0.717, 1.165) is 28.1 Å². The van der Waals surface area contributed by atoms with Crippen LogP contribution >= 0.6 is 11.6 Å². The van der Waals surface area contributed by atoms with Gasteiger partial charge in [0.1, 0.15) is 17.3 Å². The van der Waals surface area contributed by atoms with E-state index in [1.54, 1.807) is 29.3 Å². The van der Waals surface area contributed by atoms with Gasteiger partial charge in [-0.05, 0) is 66.2 Å². The number of carboxylic acid groups (broad SMARTS) is 1. The molecule has 0 atom stereocenters. The third-order valence-electron chi connectivity index (χ3n) is 7.44. The normalized spacial score (nSPS) is 13.4. The molecule has 9 heteroatoms. The third kappa shape index (κ3) is 5.41. The number of ether oxygens (including phenoxy) is 1. The highest BCUT2D eigenvalue weighted by atomic mass is 35.5. The molecule has 4 aromatic carbocycles. The van der Waals surface area contributed by atoms with Crippen molar-refractivity contribution in [3.63, 3.8) is 0 Å². The zero-order valence-corrected chi connectivity index (χ0v) is 23.8. The summed E-state index contributed by atoms with van der Waals surface area (Å²) in [6.45, 7) is 4.59. The zero-order valence-electron chi connectivity index (χ0n) is 23.0. The number of benzene rings is 4. The van der Waals surface area contributed by atoms with E-state index in [9.17, 15) is 14.7 Å². The van der Waals surface area contributed by atoms with E-state index in [0.29, 0.717) is 54.7 Å². The highest BCUT2D eigenvalue weighted by Gasteiger charge is 2.26. The van der Waals surface area contributed by atoms with Gasteiger partial charge in [0.2, 0.25) is 0 Å². The Hall–Kier alpha value is -4.82. The zero-order chi connectivity index (χ0) is 29.2. The van der Waals surface area contributed by atoms with E-state index in [1.807, 2.05) is 78.2 Å². The summed E-state index contributed by atoms with van der Waals surface area (Å²) in [5.41, 5.74) is 3.11. The number of aromatic nitrogens is 2. The average Bonchev–Trinajstić information content (AvgIpc) is 3.46. The third-order valence-corrected chi connectivity index (χ3v) is 7.70. The van der Waals surface area contributed by atoms with E-state index >= 15 is 0 Å². The first-order valence-electron chi connectivity index (χ1n) is 13.8. The lowest BCUT2D eigenvalue weighted by atomic mass is 10.0. The van der Waals surface area contributed by atoms with E-state index < -0.39 is 5.97 Å². The van der Waals surface area contributed by atoms with Crippen molar-refractivity contribution in [2.24, 2.45) is 0 Å². The van der Waals surface area contributed by atoms with Crippen LogP contribution in [0.1, 0.15) is 27.8 Å². The molecule has 8 nitrogen and oxygen atoms in total. The number of hydrogen-bond donors (Lipinski definition) is 1. The first-order chi connectivity index (χ1) is 20.4. The standard InChI is InChI=1S/C33H29ClN4O4/c1-2-42-27-8-5-7-25(19-27)38-21-30(35-31(38)22-10-12-24(34)13-11-22)32(39)37-16-14-36(15-17-37)26-18-23-6-3-4-9-28(23)29(20-26)33(40)41/h3-13,18-21H,2,14-17H2,1H3,(H,40,41). The lowest BCUT2D eigenvalue weighted by Gasteiger charge is -2.36. The van der Waals surface area contributed by atoms with Crippen LogP contribution in [0.3, 0.4) is 0 Å². The molecule has 1 aliphatic heterocycles. The van der Waals surface area contributed by atoms with Crippen LogP contribution in [0.5, 0.6) is 5.75 Å². The summed E-state index contributed by atoms with van der Waals surface area (Å²) in [5, 5.41) is 12.0. The van der Waals surface area contributed by atoms with Gasteiger partial charge in [-0.25, -0.2) is 9.78 Å². The number of halogens is 1. The number of rotatable bonds is 7. The van der Waals surface area contributed by atoms with Crippen molar-refractivity contribution in [1.82, 2.24) is 14.5 Å². The SMILES string of the molecule is CCOc1cccc(-n2cc(C(=O)N3CCN(c4cc(C(=O)O)c5ccccc5c4)CC3)nc2-c2ccc(Cl)cc2)c1. The van der Waals surface area contributed by atoms with Gasteiger partial charge in [0.25, 0.3) is 5.91 Å². The maximum atomic E-state index is 13.7. The van der Waals surface area contributed by atoms with Crippen LogP contribution in [0.15, 0.2) is 91.1 Å². The van der Waals surface area contributed by atoms with Gasteiger partial charge < -0.3 is 19.6 Å². The van der Waals surface area contributed by atoms with Crippen molar-refractivity contribution in [3.8, 4) is 22.8 Å². The Morgan fingerprint density at radius 2 is 1.67 bits per heavy atom. The van der Waals surface area contributed by atoms with Gasteiger partial charge in [-0.3, -0.25) is 9.36 Å². The van der Waals surface area contributed by atoms with Crippen LogP contribution in [0, 0.1) is 0 Å². The predicted molar refractivity (Wildman–Crippen MR) is 164 cm³/mol. The number of anilines is 1. The lowest BCUT2D eigenvalue weighted by molar-refractivity contribution is 0.0698. The second-order valence-electron chi connectivity index (χ2n) is 10.1. The van der Waals surface area contributed by atoms with Crippen LogP contribution in [0.4, 0.5) is 5.69 Å². The minimum Gasteiger partial charge on any atom is -0.494 e. The highest BCUT2D eigenvalue weighted by Crippen LogP contribution is 2.29. The summed E-state index contributed by atoms with van der Waals surface area (Å²) in [5.74, 6) is 0.240. The molecule has 0 radical (unpaired) electrons. The minimum atomic E-state index is -0.958. The van der Waals surface area contributed by atoms with Gasteiger partial charge >= 0.3 is 5.97 Å². The fourth-order valence-electron chi connectivity index (χ4n) is 5.36. The number of imidazole rings is 1. The van der Waals surface area contributed by atoms with Gasteiger partial charge in [0, 0.05) is 54.7 Å². The molecule has 1 amide bonds. The second-order valence-corrected chi connectivity index (χ2v) is 10.5. The van der Waals surface area contributed by atoms with Gasteiger partial charge in [-0.2, -0.15) is 0 Å². The van der Waals surface area contributed by atoms with Gasteiger partial charge in [-0.1, -0.05) is 41.9 Å². The van der Waals surface area contributed by atoms with E-state index in [2.05, 4.69) is 4.90 Å². The highest BCUT2D eigenvalue weighted by molar-refractivity contribution is 6.30. The quantitative estimate of drug-likeness (QED) is 0.239. The van der Waals surface area contributed by atoms with E-state index in [4.69, 9.17) is 21.3 Å². The van der Waals surface area contributed by atoms with Crippen LogP contribution in [0.25, 0.3) is 27.8 Å². The summed E-state index contributed by atoms with van der Waals surface area (Å²) >= 11 is 6.14. The monoisotopic (exact) mass is 580 g/mol. The largest absolute Gasteiger partial charge is 0.494 e. The molecular weight excluding hydrogens is 552 g/mol. The molecule has 42 heavy (non-hydrogen) atoms. The first kappa shape index (κ1) is 27.4. The Morgan fingerprint density at radius 3 is 2.40 bits per heavy atom. The Balaban J connectivity index is 1.26. The number of fused-ring (bicyclic) bond motifs is 1. The Kier molecular flexibility index (Phi) is 7.54. The van der Waals surface area contributed by atoms with Crippen molar-refractivity contribution in [1.29, 1.82) is 0 Å². The minimum absolute atomic E-state index is 0.158. The molecule has 2 heterocycles. The molecule has 0 unspecified atom stereocenters. The number of amides is 1. The number of piperazine rings is 1. The number of carbonyl (C=O) groups excluding carboxylic acids is 1. The Bertz CT molecular complexity index is 1780. The maximum absolute atomic E-state index is 13.7. The number of hydrogen-bond acceptors (Lipinski definition) is 5. The van der Waals surface area contributed by atoms with Crippen molar-refractivity contribution in [2.45, 2.75) is 6.92 Å². The number of aromatic carboxylic acids is 1. The van der Waals surface area contributed by atoms with Gasteiger partial charge in [-0.15, -0.1) is 0 Å². The molecular formula is C33H29ClN4O4. The summed E-state index contributed by atoms with van der Waals surface area (Å²) in [6.07, 6.45) is 1.77. The maximum Gasteiger partial charge on any atom is 0.336 e. The molecule has 0 bridgehead atoms. The summed E-state index contributed by atoms with van der Waals surface area (Å²) in [4.78, 5) is 34.4. The predicted octanol–water partition coefficient (Wildman–Crippen LogP) is 6.41. The second kappa shape index (κ2) is 11.6. The van der Waals surface area contributed by atoms with Crippen LogP contribution in [0.2, 0.25) is 5.02 Å². The summed E-state index contributed by atoms with van der Waals surface area (Å²) in [7, 11) is 0. The smallest absolute Gasteiger partial charge is 0.336 e. The fraction of sp³-hybridized carbons (Fsp3) is 0.182. The van der Waals surface area contributed by atoms with Crippen molar-refractivity contribution in [3.05, 3.63) is 107 Å². The van der Waals surface area contributed by atoms with Gasteiger partial charge in [0.15, 0.2) is 0 Å². The number of nitrogens with zero attached hydrogens (tertiary/aromatic N) is 4. The van der Waals surface area contributed by atoms with E-state index in [-0.39, 0.29) is 11.5 Å². The molecule has 1 aromatic heterocycles. The summed E-state index contributed by atoms with van der Waals surface area (Å²) < 4.78 is 7.61. The van der Waals surface area contributed by atoms with Crippen LogP contribution < -0.4 is 9.64 Å². The van der Waals surface area contributed by atoms with E-state index in [1.165, 1.54) is 0 Å². The molecule has 0 aliphatic carbocycles. The molecule has 0 spiro atoms. The molecule has 1 N–H and O–H groups in total. The Labute approximate surface area is 248 Å². The van der Waals surface area contributed by atoms with Crippen molar-refractivity contribution in [2.75, 3.05) is 37.7 Å². The molecule has 1 saturated heterocycles. The van der Waals surface area contributed by atoms with Crippen LogP contribution in [-0.4, -0.2) is 64.2 Å². The molecule has 5 aromatic rings. The summed E-state index contributed by atoms with van der Waals surface area (Å²) in [6, 6.07) is 26.3. The molecule has 0 saturated carbocycles. The molecule has 6 rings (SSSR count). The molecule has 1 fully saturated rings. The average molecular weight is 581 g/mol. The molecule has 1 aliphatic rings. The number of carbonyl (C=O) groups is 2. The lowest BCUT2D eigenvalue weighted by Crippen LogP contribution is -2.49. The van der Waals surface area contributed by atoms with Crippen molar-refractivity contribution < 1.29 is 19.4 Å². The number of carboxylic acids is 1. The first-order valence-corrected chi connectivity index (χ1v) is 14.2.